The monoisotopic (exact) mass is 241 g/mol. The number of hydrogen-bond donors (Lipinski definition) is 2. The van der Waals surface area contributed by atoms with Crippen LogP contribution >= 0.6 is 0 Å². The first-order valence-electron chi connectivity index (χ1n) is 5.57. The van der Waals surface area contributed by atoms with E-state index in [-0.39, 0.29) is 24.8 Å². The normalized spacial score (nSPS) is 23.9. The summed E-state index contributed by atoms with van der Waals surface area (Å²) in [6.45, 7) is 0.0774. The molecule has 3 N–H and O–H groups in total. The lowest BCUT2D eigenvalue weighted by atomic mass is 10.1. The second kappa shape index (κ2) is 4.70. The maximum atomic E-state index is 11.6. The molecule has 2 aliphatic rings. The predicted octanol–water partition coefficient (Wildman–Crippen LogP) is -1.47. The Morgan fingerprint density at radius 3 is 2.76 bits per heavy atom. The molecule has 1 saturated heterocycles. The molecule has 1 aliphatic carbocycles. The van der Waals surface area contributed by atoms with Crippen molar-refractivity contribution in [1.29, 1.82) is 0 Å². The number of nitrogens with zero attached hydrogens (tertiary/aromatic N) is 1. The van der Waals surface area contributed by atoms with Gasteiger partial charge in [-0.3, -0.25) is 19.2 Å². The fourth-order valence-electron chi connectivity index (χ4n) is 1.91. The Labute approximate surface area is 98.2 Å². The van der Waals surface area contributed by atoms with Gasteiger partial charge in [-0.2, -0.15) is 0 Å². The van der Waals surface area contributed by atoms with Crippen molar-refractivity contribution >= 4 is 17.7 Å². The van der Waals surface area contributed by atoms with E-state index in [1.165, 1.54) is 0 Å². The van der Waals surface area contributed by atoms with Gasteiger partial charge in [-0.1, -0.05) is 0 Å². The molecule has 0 bridgehead atoms. The van der Waals surface area contributed by atoms with E-state index in [9.17, 15) is 14.4 Å². The van der Waals surface area contributed by atoms with Crippen LogP contribution in [0.2, 0.25) is 0 Å². The van der Waals surface area contributed by atoms with Gasteiger partial charge in [0.25, 0.3) is 0 Å². The molecule has 3 amide bonds. The van der Waals surface area contributed by atoms with Crippen LogP contribution in [0, 0.1) is 5.92 Å². The number of hydrogen-bond acceptors (Lipinski definition) is 4. The molecule has 0 aromatic heterocycles. The van der Waals surface area contributed by atoms with Crippen molar-refractivity contribution in [3.63, 3.8) is 0 Å². The lowest BCUT2D eigenvalue weighted by Gasteiger charge is -2.15. The summed E-state index contributed by atoms with van der Waals surface area (Å²) in [5.41, 5.74) is 6.98. The molecular formula is C10H15N3O4. The van der Waals surface area contributed by atoms with Crippen molar-refractivity contribution in [3.8, 4) is 0 Å². The number of primary amides is 1. The van der Waals surface area contributed by atoms with Gasteiger partial charge >= 0.3 is 0 Å². The first-order chi connectivity index (χ1) is 8.08. The summed E-state index contributed by atoms with van der Waals surface area (Å²) in [6, 6.07) is 0.326. The zero-order valence-electron chi connectivity index (χ0n) is 9.35. The van der Waals surface area contributed by atoms with Crippen molar-refractivity contribution in [2.24, 2.45) is 11.7 Å². The third-order valence-electron chi connectivity index (χ3n) is 2.90. The minimum absolute atomic E-state index is 0.0163. The summed E-state index contributed by atoms with van der Waals surface area (Å²) < 4.78 is 0. The van der Waals surface area contributed by atoms with Crippen molar-refractivity contribution in [1.82, 2.24) is 10.4 Å². The molecule has 7 nitrogen and oxygen atoms in total. The highest BCUT2D eigenvalue weighted by atomic mass is 16.7. The average Bonchev–Trinajstić information content (AvgIpc) is 3.01. The Bertz CT molecular complexity index is 353. The van der Waals surface area contributed by atoms with E-state index in [1.807, 2.05) is 0 Å². The lowest BCUT2D eigenvalue weighted by molar-refractivity contribution is -0.141. The molecule has 2 rings (SSSR count). The van der Waals surface area contributed by atoms with Gasteiger partial charge in [-0.05, 0) is 12.8 Å². The van der Waals surface area contributed by atoms with Crippen LogP contribution in [0.4, 0.5) is 0 Å². The molecule has 2 fully saturated rings. The van der Waals surface area contributed by atoms with Crippen molar-refractivity contribution in [2.45, 2.75) is 25.3 Å². The molecular weight excluding hydrogens is 226 g/mol. The maximum absolute atomic E-state index is 11.6. The van der Waals surface area contributed by atoms with Gasteiger partial charge in [-0.25, -0.2) is 5.48 Å². The Balaban J connectivity index is 1.76. The lowest BCUT2D eigenvalue weighted by Crippen LogP contribution is -2.35. The zero-order valence-corrected chi connectivity index (χ0v) is 9.35. The van der Waals surface area contributed by atoms with E-state index in [2.05, 4.69) is 10.3 Å². The molecule has 1 atom stereocenters. The highest BCUT2D eigenvalue weighted by Crippen LogP contribution is 2.32. The van der Waals surface area contributed by atoms with E-state index in [4.69, 9.17) is 5.73 Å². The van der Waals surface area contributed by atoms with Gasteiger partial charge in [-0.15, -0.1) is 0 Å². The van der Waals surface area contributed by atoms with Crippen LogP contribution < -0.4 is 11.2 Å². The standard InChI is InChI=1S/C10H15N3O4/c11-8(14)5-17-12-10(16)6-3-9(15)13(4-6)7-1-2-7/h6-7H,1-5H2,(H2,11,14)(H,12,16). The Kier molecular flexibility index (Phi) is 3.28. The summed E-state index contributed by atoms with van der Waals surface area (Å²) in [5.74, 6) is -1.41. The summed E-state index contributed by atoms with van der Waals surface area (Å²) in [4.78, 5) is 39.9. The van der Waals surface area contributed by atoms with Crippen LogP contribution in [-0.4, -0.2) is 41.8 Å². The first kappa shape index (κ1) is 11.8. The van der Waals surface area contributed by atoms with E-state index in [0.29, 0.717) is 12.6 Å². The quantitative estimate of drug-likeness (QED) is 0.574. The smallest absolute Gasteiger partial charge is 0.248 e. The first-order valence-corrected chi connectivity index (χ1v) is 5.57. The SMILES string of the molecule is NC(=O)CONC(=O)C1CC(=O)N(C2CC2)C1. The largest absolute Gasteiger partial charge is 0.368 e. The van der Waals surface area contributed by atoms with Crippen LogP contribution in [0.3, 0.4) is 0 Å². The fourth-order valence-corrected chi connectivity index (χ4v) is 1.91. The predicted molar refractivity (Wildman–Crippen MR) is 56.1 cm³/mol. The number of nitrogens with two attached hydrogens (primary N) is 1. The Morgan fingerprint density at radius 2 is 2.18 bits per heavy atom. The highest BCUT2D eigenvalue weighted by Gasteiger charge is 2.41. The summed E-state index contributed by atoms with van der Waals surface area (Å²) in [6.07, 6.45) is 2.26. The molecule has 1 saturated carbocycles. The van der Waals surface area contributed by atoms with Crippen LogP contribution in [0.25, 0.3) is 0 Å². The minimum Gasteiger partial charge on any atom is -0.368 e. The molecule has 0 aromatic rings. The summed E-state index contributed by atoms with van der Waals surface area (Å²) in [5, 5.41) is 0. The maximum Gasteiger partial charge on any atom is 0.248 e. The third kappa shape index (κ3) is 2.94. The van der Waals surface area contributed by atoms with Gasteiger partial charge in [0.05, 0.1) is 5.92 Å². The number of carbonyl (C=O) groups excluding carboxylic acids is 3. The van der Waals surface area contributed by atoms with Gasteiger partial charge in [0.15, 0.2) is 6.61 Å². The van der Waals surface area contributed by atoms with Gasteiger partial charge < -0.3 is 10.6 Å². The summed E-state index contributed by atoms with van der Waals surface area (Å²) in [7, 11) is 0. The van der Waals surface area contributed by atoms with Crippen LogP contribution in [0.15, 0.2) is 0 Å². The molecule has 17 heavy (non-hydrogen) atoms. The molecule has 94 valence electrons. The average molecular weight is 241 g/mol. The Hall–Kier alpha value is -1.63. The molecule has 7 heteroatoms. The topological polar surface area (TPSA) is 102 Å². The van der Waals surface area contributed by atoms with Crippen LogP contribution in [0.1, 0.15) is 19.3 Å². The molecule has 1 aliphatic heterocycles. The number of rotatable bonds is 5. The van der Waals surface area contributed by atoms with E-state index >= 15 is 0 Å². The van der Waals surface area contributed by atoms with E-state index < -0.39 is 11.8 Å². The number of likely N-dealkylation sites (tertiary alicyclic amines) is 1. The zero-order chi connectivity index (χ0) is 12.4. The number of amides is 3. The Morgan fingerprint density at radius 1 is 1.47 bits per heavy atom. The number of carbonyl (C=O) groups is 3. The molecule has 0 aromatic carbocycles. The highest BCUT2D eigenvalue weighted by molar-refractivity contribution is 5.89. The number of nitrogens with one attached hydrogen (secondary N) is 1. The van der Waals surface area contributed by atoms with Crippen LogP contribution in [-0.2, 0) is 19.2 Å². The molecule has 1 heterocycles. The van der Waals surface area contributed by atoms with Gasteiger partial charge in [0.1, 0.15) is 0 Å². The summed E-state index contributed by atoms with van der Waals surface area (Å²) >= 11 is 0. The number of hydroxylamine groups is 1. The third-order valence-corrected chi connectivity index (χ3v) is 2.90. The van der Waals surface area contributed by atoms with E-state index in [1.54, 1.807) is 4.90 Å². The second-order valence-electron chi connectivity index (χ2n) is 4.40. The molecule has 1 unspecified atom stereocenters. The van der Waals surface area contributed by atoms with Crippen molar-refractivity contribution in [3.05, 3.63) is 0 Å². The van der Waals surface area contributed by atoms with Gasteiger partial charge in [0, 0.05) is 19.0 Å². The van der Waals surface area contributed by atoms with Crippen LogP contribution in [0.5, 0.6) is 0 Å². The van der Waals surface area contributed by atoms with Gasteiger partial charge in [0.2, 0.25) is 17.7 Å². The fraction of sp³-hybridized carbons (Fsp3) is 0.700. The van der Waals surface area contributed by atoms with E-state index in [0.717, 1.165) is 12.8 Å². The second-order valence-corrected chi connectivity index (χ2v) is 4.40. The van der Waals surface area contributed by atoms with Crippen molar-refractivity contribution in [2.75, 3.05) is 13.2 Å². The molecule has 0 radical (unpaired) electrons. The van der Waals surface area contributed by atoms with Crippen molar-refractivity contribution < 1.29 is 19.2 Å². The minimum atomic E-state index is -0.660. The molecule has 0 spiro atoms.